The number of hydrogen-bond donors (Lipinski definition) is 1. The van der Waals surface area contributed by atoms with Crippen molar-refractivity contribution in [3.05, 3.63) is 63.3 Å². The normalized spacial score (nSPS) is 10.8. The topological polar surface area (TPSA) is 72.7 Å². The second kappa shape index (κ2) is 6.72. The summed E-state index contributed by atoms with van der Waals surface area (Å²) in [7, 11) is 0. The molecule has 0 aliphatic carbocycles. The molecule has 0 radical (unpaired) electrons. The van der Waals surface area contributed by atoms with Gasteiger partial charge in [-0.3, -0.25) is 4.79 Å². The summed E-state index contributed by atoms with van der Waals surface area (Å²) in [5.41, 5.74) is 2.46. The van der Waals surface area contributed by atoms with Crippen molar-refractivity contribution >= 4 is 27.7 Å². The van der Waals surface area contributed by atoms with Crippen molar-refractivity contribution < 1.29 is 9.18 Å². The molecule has 0 fully saturated rings. The maximum Gasteiger partial charge on any atom is 0.258 e. The lowest BCUT2D eigenvalue weighted by Crippen LogP contribution is -2.17. The molecule has 3 rings (SSSR count). The Morgan fingerprint density at radius 1 is 1.08 bits per heavy atom. The Hall–Kier alpha value is -2.61. The molecule has 0 saturated carbocycles. The summed E-state index contributed by atoms with van der Waals surface area (Å²) in [6.07, 6.45) is 0. The highest BCUT2D eigenvalue weighted by atomic mass is 79.9. The van der Waals surface area contributed by atoms with Gasteiger partial charge in [-0.15, -0.1) is 0 Å². The van der Waals surface area contributed by atoms with Crippen LogP contribution in [-0.2, 0) is 0 Å². The van der Waals surface area contributed by atoms with Gasteiger partial charge in [0, 0.05) is 21.9 Å². The first kappa shape index (κ1) is 17.2. The minimum Gasteiger partial charge on any atom is -0.306 e. The zero-order valence-electron chi connectivity index (χ0n) is 13.8. The SMILES string of the molecule is Cc1cc(C)nc(-n2nc(C)cc2NC(=O)c2cc(F)ccc2Br)n1. The minimum absolute atomic E-state index is 0.187. The number of carbonyl (C=O) groups excluding carboxylic acids is 1. The highest BCUT2D eigenvalue weighted by Crippen LogP contribution is 2.21. The van der Waals surface area contributed by atoms with Crippen LogP contribution in [0.15, 0.2) is 34.8 Å². The quantitative estimate of drug-likeness (QED) is 0.722. The van der Waals surface area contributed by atoms with E-state index in [1.165, 1.54) is 22.9 Å². The summed E-state index contributed by atoms with van der Waals surface area (Å²) in [5, 5.41) is 7.08. The molecule has 1 amide bonds. The highest BCUT2D eigenvalue weighted by Gasteiger charge is 2.17. The van der Waals surface area contributed by atoms with Gasteiger partial charge in [0.2, 0.25) is 0 Å². The van der Waals surface area contributed by atoms with E-state index in [9.17, 15) is 9.18 Å². The van der Waals surface area contributed by atoms with E-state index in [-0.39, 0.29) is 5.56 Å². The van der Waals surface area contributed by atoms with Crippen molar-refractivity contribution in [2.24, 2.45) is 0 Å². The first-order valence-electron chi connectivity index (χ1n) is 7.49. The van der Waals surface area contributed by atoms with Crippen molar-refractivity contribution in [3.63, 3.8) is 0 Å². The predicted molar refractivity (Wildman–Crippen MR) is 95.4 cm³/mol. The molecule has 0 spiro atoms. The molecule has 0 unspecified atom stereocenters. The van der Waals surface area contributed by atoms with E-state index >= 15 is 0 Å². The number of benzene rings is 1. The number of carbonyl (C=O) groups is 1. The van der Waals surface area contributed by atoms with E-state index < -0.39 is 11.7 Å². The van der Waals surface area contributed by atoms with Crippen LogP contribution in [0, 0.1) is 26.6 Å². The van der Waals surface area contributed by atoms with Crippen molar-refractivity contribution in [1.82, 2.24) is 19.7 Å². The number of nitrogens with one attached hydrogen (secondary N) is 1. The predicted octanol–water partition coefficient (Wildman–Crippen LogP) is 3.74. The van der Waals surface area contributed by atoms with Crippen LogP contribution in [0.3, 0.4) is 0 Å². The number of aryl methyl sites for hydroxylation is 3. The highest BCUT2D eigenvalue weighted by molar-refractivity contribution is 9.10. The largest absolute Gasteiger partial charge is 0.306 e. The van der Waals surface area contributed by atoms with Crippen LogP contribution in [-0.4, -0.2) is 25.7 Å². The lowest BCUT2D eigenvalue weighted by Gasteiger charge is -2.09. The summed E-state index contributed by atoms with van der Waals surface area (Å²) < 4.78 is 15.4. The van der Waals surface area contributed by atoms with E-state index in [0.717, 1.165) is 11.4 Å². The third-order valence-corrected chi connectivity index (χ3v) is 4.10. The molecule has 0 saturated heterocycles. The molecule has 2 aromatic heterocycles. The van der Waals surface area contributed by atoms with Crippen LogP contribution < -0.4 is 5.32 Å². The summed E-state index contributed by atoms with van der Waals surface area (Å²) >= 11 is 3.26. The third kappa shape index (κ3) is 3.74. The average Bonchev–Trinajstić information content (AvgIpc) is 2.89. The van der Waals surface area contributed by atoms with E-state index in [0.29, 0.717) is 21.9 Å². The average molecular weight is 404 g/mol. The first-order chi connectivity index (χ1) is 11.8. The summed E-state index contributed by atoms with van der Waals surface area (Å²) in [6, 6.07) is 7.48. The molecule has 1 N–H and O–H groups in total. The Labute approximate surface area is 152 Å². The fourth-order valence-corrected chi connectivity index (χ4v) is 2.82. The number of hydrogen-bond acceptors (Lipinski definition) is 4. The van der Waals surface area contributed by atoms with Gasteiger partial charge < -0.3 is 5.32 Å². The number of halogens is 2. The zero-order valence-corrected chi connectivity index (χ0v) is 15.4. The Bertz CT molecular complexity index is 949. The van der Waals surface area contributed by atoms with Gasteiger partial charge in [0.15, 0.2) is 0 Å². The number of nitrogens with zero attached hydrogens (tertiary/aromatic N) is 4. The third-order valence-electron chi connectivity index (χ3n) is 3.41. The zero-order chi connectivity index (χ0) is 18.1. The number of anilines is 1. The van der Waals surface area contributed by atoms with Crippen molar-refractivity contribution in [2.75, 3.05) is 5.32 Å². The molecule has 0 aliphatic heterocycles. The molecule has 3 aromatic rings. The van der Waals surface area contributed by atoms with Crippen LogP contribution >= 0.6 is 15.9 Å². The summed E-state index contributed by atoms with van der Waals surface area (Å²) in [4.78, 5) is 21.2. The smallest absolute Gasteiger partial charge is 0.258 e. The second-order valence-corrected chi connectivity index (χ2v) is 6.47. The number of amides is 1. The molecule has 8 heteroatoms. The summed E-state index contributed by atoms with van der Waals surface area (Å²) in [6.45, 7) is 5.51. The van der Waals surface area contributed by atoms with Crippen molar-refractivity contribution in [2.45, 2.75) is 20.8 Å². The molecule has 2 heterocycles. The summed E-state index contributed by atoms with van der Waals surface area (Å²) in [5.74, 6) is -0.185. The Kier molecular flexibility index (Phi) is 4.63. The second-order valence-electron chi connectivity index (χ2n) is 5.61. The standard InChI is InChI=1S/C17H15BrFN5O/c1-9-6-10(2)21-17(20-9)24-15(7-11(3)23-24)22-16(25)13-8-12(19)4-5-14(13)18/h4-8H,1-3H3,(H,22,25). The minimum atomic E-state index is -0.490. The fraction of sp³-hybridized carbons (Fsp3) is 0.176. The van der Waals surface area contributed by atoms with Crippen LogP contribution in [0.2, 0.25) is 0 Å². The number of aromatic nitrogens is 4. The molecule has 6 nitrogen and oxygen atoms in total. The van der Waals surface area contributed by atoms with Crippen LogP contribution in [0.4, 0.5) is 10.2 Å². The van der Waals surface area contributed by atoms with E-state index in [1.54, 1.807) is 13.0 Å². The van der Waals surface area contributed by atoms with Gasteiger partial charge in [0.05, 0.1) is 11.3 Å². The van der Waals surface area contributed by atoms with Gasteiger partial charge in [-0.25, -0.2) is 14.4 Å². The van der Waals surface area contributed by atoms with E-state index in [4.69, 9.17) is 0 Å². The Balaban J connectivity index is 1.99. The molecule has 0 aliphatic rings. The van der Waals surface area contributed by atoms with Gasteiger partial charge in [0.25, 0.3) is 11.9 Å². The lowest BCUT2D eigenvalue weighted by atomic mass is 10.2. The molecule has 0 bridgehead atoms. The van der Waals surface area contributed by atoms with Gasteiger partial charge in [-0.1, -0.05) is 0 Å². The van der Waals surface area contributed by atoms with Crippen LogP contribution in [0.5, 0.6) is 0 Å². The van der Waals surface area contributed by atoms with E-state index in [1.807, 2.05) is 19.9 Å². The molecule has 128 valence electrons. The van der Waals surface area contributed by atoms with E-state index in [2.05, 4.69) is 36.3 Å². The molecule has 1 aromatic carbocycles. The van der Waals surface area contributed by atoms with Gasteiger partial charge in [-0.2, -0.15) is 9.78 Å². The van der Waals surface area contributed by atoms with Crippen LogP contribution in [0.25, 0.3) is 5.95 Å². The van der Waals surface area contributed by atoms with Gasteiger partial charge in [0.1, 0.15) is 11.6 Å². The van der Waals surface area contributed by atoms with Crippen LogP contribution in [0.1, 0.15) is 27.4 Å². The lowest BCUT2D eigenvalue weighted by molar-refractivity contribution is 0.102. The fourth-order valence-electron chi connectivity index (χ4n) is 2.40. The molecular formula is C17H15BrFN5O. The Morgan fingerprint density at radius 3 is 2.44 bits per heavy atom. The molecule has 0 atom stereocenters. The monoisotopic (exact) mass is 403 g/mol. The maximum absolute atomic E-state index is 13.4. The van der Waals surface area contributed by atoms with Crippen molar-refractivity contribution in [3.8, 4) is 5.95 Å². The number of rotatable bonds is 3. The van der Waals surface area contributed by atoms with Gasteiger partial charge in [-0.05, 0) is 61.0 Å². The molecule has 25 heavy (non-hydrogen) atoms. The molecular weight excluding hydrogens is 389 g/mol. The van der Waals surface area contributed by atoms with Crippen molar-refractivity contribution in [1.29, 1.82) is 0 Å². The first-order valence-corrected chi connectivity index (χ1v) is 8.28. The Morgan fingerprint density at radius 2 is 1.76 bits per heavy atom. The van der Waals surface area contributed by atoms with Gasteiger partial charge >= 0.3 is 0 Å². The maximum atomic E-state index is 13.4.